The van der Waals surface area contributed by atoms with Crippen molar-refractivity contribution < 1.29 is 22.7 Å². The standard InChI is InChI=1S/C25H33N3O6S/c1-4-34-25(31)18-6-5-11-27(15-18)24(30)21-16-26(3)22-8-7-19(14-20(22)23(21)29)35(32,33)28-12-9-17(2)10-13-28/h7-8,14,16-18H,4-6,9-13,15H2,1-3H3/t18-/m0/s1. The number of rotatable bonds is 5. The van der Waals surface area contributed by atoms with E-state index in [1.165, 1.54) is 27.5 Å². The molecule has 0 radical (unpaired) electrons. The third kappa shape index (κ3) is 4.99. The molecule has 4 rings (SSSR count). The summed E-state index contributed by atoms with van der Waals surface area (Å²) in [6, 6.07) is 4.52. The zero-order chi connectivity index (χ0) is 25.3. The van der Waals surface area contributed by atoms with E-state index in [1.807, 2.05) is 0 Å². The highest BCUT2D eigenvalue weighted by Gasteiger charge is 2.32. The monoisotopic (exact) mass is 503 g/mol. The lowest BCUT2D eigenvalue weighted by atomic mass is 9.97. The zero-order valence-corrected chi connectivity index (χ0v) is 21.3. The second-order valence-electron chi connectivity index (χ2n) is 9.59. The number of pyridine rings is 1. The number of carbonyl (C=O) groups is 2. The summed E-state index contributed by atoms with van der Waals surface area (Å²) in [5.41, 5.74) is -0.00246. The number of fused-ring (bicyclic) bond motifs is 1. The molecule has 0 bridgehead atoms. The van der Waals surface area contributed by atoms with Crippen LogP contribution in [-0.4, -0.2) is 66.9 Å². The molecule has 0 saturated carbocycles. The maximum Gasteiger partial charge on any atom is 0.310 e. The second-order valence-corrected chi connectivity index (χ2v) is 11.5. The molecule has 2 saturated heterocycles. The fourth-order valence-corrected chi connectivity index (χ4v) is 6.44. The Kier molecular flexibility index (Phi) is 7.32. The number of piperidine rings is 2. The number of esters is 1. The second kappa shape index (κ2) is 10.1. The van der Waals surface area contributed by atoms with Crippen molar-refractivity contribution in [1.29, 1.82) is 0 Å². The Labute approximate surface area is 205 Å². The molecule has 0 spiro atoms. The predicted molar refractivity (Wildman–Crippen MR) is 132 cm³/mol. The van der Waals surface area contributed by atoms with Crippen LogP contribution in [0.1, 0.15) is 49.9 Å². The van der Waals surface area contributed by atoms with Crippen LogP contribution in [0.4, 0.5) is 0 Å². The molecule has 0 N–H and O–H groups in total. The van der Waals surface area contributed by atoms with E-state index in [4.69, 9.17) is 4.74 Å². The highest BCUT2D eigenvalue weighted by atomic mass is 32.2. The number of ether oxygens (including phenoxy) is 1. The summed E-state index contributed by atoms with van der Waals surface area (Å²) in [5, 5.41) is 0.184. The van der Waals surface area contributed by atoms with Gasteiger partial charge in [0, 0.05) is 44.8 Å². The van der Waals surface area contributed by atoms with Crippen LogP contribution in [0, 0.1) is 11.8 Å². The maximum absolute atomic E-state index is 13.4. The van der Waals surface area contributed by atoms with Crippen molar-refractivity contribution in [1.82, 2.24) is 13.8 Å². The number of nitrogens with zero attached hydrogens (tertiary/aromatic N) is 3. The average molecular weight is 504 g/mol. The Morgan fingerprint density at radius 2 is 1.83 bits per heavy atom. The number of carbonyl (C=O) groups excluding carboxylic acids is 2. The summed E-state index contributed by atoms with van der Waals surface area (Å²) in [6.45, 7) is 5.67. The van der Waals surface area contributed by atoms with Gasteiger partial charge < -0.3 is 14.2 Å². The first-order chi connectivity index (χ1) is 16.6. The molecule has 9 nitrogen and oxygen atoms in total. The molecule has 0 unspecified atom stereocenters. The smallest absolute Gasteiger partial charge is 0.310 e. The summed E-state index contributed by atoms with van der Waals surface area (Å²) in [6.07, 6.45) is 4.36. The molecule has 1 aromatic carbocycles. The highest BCUT2D eigenvalue weighted by molar-refractivity contribution is 7.89. The molecule has 10 heteroatoms. The Hall–Kier alpha value is -2.72. The number of aryl methyl sites for hydroxylation is 1. The van der Waals surface area contributed by atoms with E-state index in [1.54, 1.807) is 24.6 Å². The van der Waals surface area contributed by atoms with Crippen LogP contribution in [-0.2, 0) is 26.6 Å². The quantitative estimate of drug-likeness (QED) is 0.580. The summed E-state index contributed by atoms with van der Waals surface area (Å²) in [7, 11) is -2.03. The van der Waals surface area contributed by atoms with Gasteiger partial charge in [0.1, 0.15) is 5.56 Å². The Morgan fingerprint density at radius 1 is 1.11 bits per heavy atom. The lowest BCUT2D eigenvalue weighted by molar-refractivity contribution is -0.149. The Bertz CT molecular complexity index is 1290. The van der Waals surface area contributed by atoms with E-state index >= 15 is 0 Å². The van der Waals surface area contributed by atoms with Crippen molar-refractivity contribution in [2.75, 3.05) is 32.8 Å². The molecule has 1 atom stereocenters. The van der Waals surface area contributed by atoms with Crippen molar-refractivity contribution in [2.24, 2.45) is 18.9 Å². The van der Waals surface area contributed by atoms with E-state index < -0.39 is 27.3 Å². The van der Waals surface area contributed by atoms with Gasteiger partial charge in [-0.1, -0.05) is 6.92 Å². The first-order valence-corrected chi connectivity index (χ1v) is 13.7. The molecule has 1 aromatic heterocycles. The van der Waals surface area contributed by atoms with Gasteiger partial charge in [0.25, 0.3) is 5.91 Å². The van der Waals surface area contributed by atoms with Crippen LogP contribution in [0.3, 0.4) is 0 Å². The Morgan fingerprint density at radius 3 is 2.51 bits per heavy atom. The molecule has 35 heavy (non-hydrogen) atoms. The molecular weight excluding hydrogens is 470 g/mol. The van der Waals surface area contributed by atoms with Crippen molar-refractivity contribution >= 4 is 32.8 Å². The minimum absolute atomic E-state index is 0.0362. The van der Waals surface area contributed by atoms with Gasteiger partial charge in [-0.3, -0.25) is 14.4 Å². The number of amides is 1. The number of hydrogen-bond acceptors (Lipinski definition) is 6. The number of likely N-dealkylation sites (tertiary alicyclic amines) is 1. The van der Waals surface area contributed by atoms with Crippen LogP contribution in [0.5, 0.6) is 0 Å². The molecule has 2 aliphatic heterocycles. The minimum atomic E-state index is -3.74. The molecule has 0 aliphatic carbocycles. The number of sulfonamides is 1. The summed E-state index contributed by atoms with van der Waals surface area (Å²) in [5.74, 6) is -0.726. The van der Waals surface area contributed by atoms with E-state index in [9.17, 15) is 22.8 Å². The van der Waals surface area contributed by atoms with Gasteiger partial charge in [0.2, 0.25) is 15.5 Å². The third-order valence-electron chi connectivity index (χ3n) is 7.10. The largest absolute Gasteiger partial charge is 0.466 e. The fraction of sp³-hybridized carbons (Fsp3) is 0.560. The van der Waals surface area contributed by atoms with Crippen molar-refractivity contribution in [2.45, 2.75) is 44.4 Å². The minimum Gasteiger partial charge on any atom is -0.466 e. The molecule has 1 amide bonds. The first-order valence-electron chi connectivity index (χ1n) is 12.2. The predicted octanol–water partition coefficient (Wildman–Crippen LogP) is 2.37. The van der Waals surface area contributed by atoms with Crippen LogP contribution >= 0.6 is 0 Å². The van der Waals surface area contributed by atoms with Gasteiger partial charge in [-0.15, -0.1) is 0 Å². The highest BCUT2D eigenvalue weighted by Crippen LogP contribution is 2.26. The van der Waals surface area contributed by atoms with Gasteiger partial charge in [-0.2, -0.15) is 4.31 Å². The van der Waals surface area contributed by atoms with E-state index in [0.29, 0.717) is 43.9 Å². The van der Waals surface area contributed by atoms with Crippen LogP contribution < -0.4 is 5.43 Å². The molecule has 2 fully saturated rings. The first kappa shape index (κ1) is 25.4. The van der Waals surface area contributed by atoms with Gasteiger partial charge in [0.05, 0.1) is 22.9 Å². The van der Waals surface area contributed by atoms with Gasteiger partial charge in [-0.05, 0) is 56.7 Å². The normalized spacial score (nSPS) is 20.2. The topological polar surface area (TPSA) is 106 Å². The van der Waals surface area contributed by atoms with Crippen LogP contribution in [0.25, 0.3) is 10.9 Å². The lowest BCUT2D eigenvalue weighted by Gasteiger charge is -2.31. The number of aromatic nitrogens is 1. The maximum atomic E-state index is 13.4. The van der Waals surface area contributed by atoms with Gasteiger partial charge in [-0.25, -0.2) is 8.42 Å². The van der Waals surface area contributed by atoms with E-state index in [-0.39, 0.29) is 35.0 Å². The zero-order valence-electron chi connectivity index (χ0n) is 20.5. The number of benzene rings is 1. The van der Waals surface area contributed by atoms with Gasteiger partial charge in [0.15, 0.2) is 0 Å². The van der Waals surface area contributed by atoms with E-state index in [0.717, 1.165) is 12.8 Å². The molecule has 2 aliphatic rings. The summed E-state index contributed by atoms with van der Waals surface area (Å²) in [4.78, 5) is 40.5. The van der Waals surface area contributed by atoms with Crippen LogP contribution in [0.2, 0.25) is 0 Å². The van der Waals surface area contributed by atoms with Crippen molar-refractivity contribution in [3.8, 4) is 0 Å². The molecular formula is C25H33N3O6S. The number of hydrogen-bond donors (Lipinski definition) is 0. The third-order valence-corrected chi connectivity index (χ3v) is 8.99. The fourth-order valence-electron chi connectivity index (χ4n) is 4.94. The molecule has 190 valence electrons. The van der Waals surface area contributed by atoms with Crippen LogP contribution in [0.15, 0.2) is 34.1 Å². The average Bonchev–Trinajstić information content (AvgIpc) is 2.86. The van der Waals surface area contributed by atoms with E-state index in [2.05, 4.69) is 6.92 Å². The Balaban J connectivity index is 1.67. The lowest BCUT2D eigenvalue weighted by Crippen LogP contribution is -2.44. The van der Waals surface area contributed by atoms with Gasteiger partial charge >= 0.3 is 5.97 Å². The molecule has 3 heterocycles. The van der Waals surface area contributed by atoms with Crippen molar-refractivity contribution in [3.05, 3.63) is 40.2 Å². The summed E-state index contributed by atoms with van der Waals surface area (Å²) < 4.78 is 34.7. The molecule has 2 aromatic rings. The SMILES string of the molecule is CCOC(=O)[C@H]1CCCN(C(=O)c2cn(C)c3ccc(S(=O)(=O)N4CCC(C)CC4)cc3c2=O)C1. The van der Waals surface area contributed by atoms with Crippen molar-refractivity contribution in [3.63, 3.8) is 0 Å². The summed E-state index contributed by atoms with van der Waals surface area (Å²) >= 11 is 0.